The zero-order valence-corrected chi connectivity index (χ0v) is 16.2. The molecule has 0 aliphatic carbocycles. The number of esters is 1. The van der Waals surface area contributed by atoms with E-state index in [9.17, 15) is 9.59 Å². The van der Waals surface area contributed by atoms with Gasteiger partial charge in [0.15, 0.2) is 5.16 Å². The smallest absolute Gasteiger partial charge is 0.316 e. The first-order chi connectivity index (χ1) is 12.5. The van der Waals surface area contributed by atoms with Gasteiger partial charge in [0.05, 0.1) is 18.2 Å². The molecule has 3 aromatic rings. The summed E-state index contributed by atoms with van der Waals surface area (Å²) in [5.41, 5.74) is 2.90. The lowest BCUT2D eigenvalue weighted by Crippen LogP contribution is -2.23. The number of aryl methyl sites for hydroxylation is 1. The SMILES string of the molecule is C=CCn1c(SCC(=O)OC)nc2scc(-c3ccc(C)cc3)c2c1=O. The minimum atomic E-state index is -0.360. The molecule has 134 valence electrons. The van der Waals surface area contributed by atoms with Gasteiger partial charge in [0.25, 0.3) is 5.56 Å². The standard InChI is InChI=1S/C19H18N2O3S2/c1-4-9-21-18(23)16-14(13-7-5-12(2)6-8-13)10-25-17(16)20-19(21)26-11-15(22)24-3/h4-8,10H,1,9,11H2,2-3H3. The van der Waals surface area contributed by atoms with Gasteiger partial charge >= 0.3 is 5.97 Å². The number of carbonyl (C=O) groups is 1. The monoisotopic (exact) mass is 386 g/mol. The maximum Gasteiger partial charge on any atom is 0.316 e. The van der Waals surface area contributed by atoms with Gasteiger partial charge in [-0.25, -0.2) is 4.98 Å². The van der Waals surface area contributed by atoms with Crippen molar-refractivity contribution in [2.24, 2.45) is 0 Å². The van der Waals surface area contributed by atoms with Crippen LogP contribution in [-0.4, -0.2) is 28.4 Å². The van der Waals surface area contributed by atoms with E-state index in [0.29, 0.717) is 21.9 Å². The van der Waals surface area contributed by atoms with Crippen LogP contribution in [0.4, 0.5) is 0 Å². The van der Waals surface area contributed by atoms with Gasteiger partial charge in [0, 0.05) is 17.5 Å². The number of allylic oxidation sites excluding steroid dienone is 1. The Kier molecular flexibility index (Phi) is 5.58. The summed E-state index contributed by atoms with van der Waals surface area (Å²) in [7, 11) is 1.34. The molecule has 0 N–H and O–H groups in total. The lowest BCUT2D eigenvalue weighted by atomic mass is 10.1. The van der Waals surface area contributed by atoms with E-state index in [2.05, 4.69) is 16.3 Å². The molecule has 0 aliphatic heterocycles. The minimum Gasteiger partial charge on any atom is -0.468 e. The second-order valence-electron chi connectivity index (χ2n) is 5.66. The van der Waals surface area contributed by atoms with Crippen LogP contribution in [0.3, 0.4) is 0 Å². The Hall–Kier alpha value is -2.38. The largest absolute Gasteiger partial charge is 0.468 e. The van der Waals surface area contributed by atoms with Crippen molar-refractivity contribution in [1.29, 1.82) is 0 Å². The number of rotatable bonds is 6. The third kappa shape index (κ3) is 3.59. The first-order valence-corrected chi connectivity index (χ1v) is 9.81. The second kappa shape index (κ2) is 7.88. The van der Waals surface area contributed by atoms with E-state index in [4.69, 9.17) is 0 Å². The summed E-state index contributed by atoms with van der Waals surface area (Å²) in [6.07, 6.45) is 1.65. The minimum absolute atomic E-state index is 0.0990. The number of nitrogens with zero attached hydrogens (tertiary/aromatic N) is 2. The molecule has 0 spiro atoms. The molecule has 2 heterocycles. The fourth-order valence-corrected chi connectivity index (χ4v) is 4.36. The predicted molar refractivity (Wildman–Crippen MR) is 107 cm³/mol. The molecular weight excluding hydrogens is 368 g/mol. The van der Waals surface area contributed by atoms with Crippen molar-refractivity contribution in [3.63, 3.8) is 0 Å². The van der Waals surface area contributed by atoms with Gasteiger partial charge in [-0.15, -0.1) is 17.9 Å². The van der Waals surface area contributed by atoms with Crippen LogP contribution in [0.25, 0.3) is 21.3 Å². The Morgan fingerprint density at radius 3 is 2.77 bits per heavy atom. The summed E-state index contributed by atoms with van der Waals surface area (Å²) in [4.78, 5) is 29.9. The van der Waals surface area contributed by atoms with Gasteiger partial charge in [-0.1, -0.05) is 47.7 Å². The van der Waals surface area contributed by atoms with Crippen LogP contribution in [0.1, 0.15) is 5.56 Å². The maximum atomic E-state index is 13.1. The predicted octanol–water partition coefficient (Wildman–Crippen LogP) is 3.88. The van der Waals surface area contributed by atoms with Crippen molar-refractivity contribution in [3.8, 4) is 11.1 Å². The van der Waals surface area contributed by atoms with Gasteiger partial charge in [-0.2, -0.15) is 0 Å². The first-order valence-electron chi connectivity index (χ1n) is 7.94. The summed E-state index contributed by atoms with van der Waals surface area (Å²) in [6.45, 7) is 6.08. The van der Waals surface area contributed by atoms with Gasteiger partial charge in [0.2, 0.25) is 0 Å². The Labute approximate surface area is 159 Å². The maximum absolute atomic E-state index is 13.1. The Balaban J connectivity index is 2.14. The van der Waals surface area contributed by atoms with E-state index in [1.54, 1.807) is 10.6 Å². The van der Waals surface area contributed by atoms with E-state index < -0.39 is 0 Å². The Morgan fingerprint density at radius 1 is 1.38 bits per heavy atom. The average molecular weight is 386 g/mol. The molecule has 0 amide bonds. The van der Waals surface area contributed by atoms with Gasteiger partial charge in [0.1, 0.15) is 4.83 Å². The average Bonchev–Trinajstić information content (AvgIpc) is 3.07. The van der Waals surface area contributed by atoms with Crippen LogP contribution < -0.4 is 5.56 Å². The van der Waals surface area contributed by atoms with Gasteiger partial charge in [-0.05, 0) is 12.5 Å². The van der Waals surface area contributed by atoms with Crippen molar-refractivity contribution < 1.29 is 9.53 Å². The number of hydrogen-bond donors (Lipinski definition) is 0. The molecule has 0 radical (unpaired) electrons. The van der Waals surface area contributed by atoms with Crippen LogP contribution in [0, 0.1) is 6.92 Å². The molecule has 0 fully saturated rings. The molecule has 0 unspecified atom stereocenters. The molecule has 3 rings (SSSR count). The normalized spacial score (nSPS) is 10.8. The fourth-order valence-electron chi connectivity index (χ4n) is 2.53. The molecule has 5 nitrogen and oxygen atoms in total. The highest BCUT2D eigenvalue weighted by molar-refractivity contribution is 7.99. The zero-order valence-electron chi connectivity index (χ0n) is 14.5. The molecule has 7 heteroatoms. The zero-order chi connectivity index (χ0) is 18.7. The van der Waals surface area contributed by atoms with Crippen LogP contribution in [0.15, 0.2) is 52.3 Å². The summed E-state index contributed by atoms with van der Waals surface area (Å²) in [5, 5.41) is 3.05. The van der Waals surface area contributed by atoms with Crippen LogP contribution >= 0.6 is 23.1 Å². The molecule has 0 aliphatic rings. The number of benzene rings is 1. The molecular formula is C19H18N2O3S2. The van der Waals surface area contributed by atoms with E-state index in [0.717, 1.165) is 16.7 Å². The summed E-state index contributed by atoms with van der Waals surface area (Å²) >= 11 is 2.62. The summed E-state index contributed by atoms with van der Waals surface area (Å²) < 4.78 is 6.22. The third-order valence-corrected chi connectivity index (χ3v) is 5.70. The number of methoxy groups -OCH3 is 1. The number of ether oxygens (including phenoxy) is 1. The number of aromatic nitrogens is 2. The highest BCUT2D eigenvalue weighted by atomic mass is 32.2. The fraction of sp³-hybridized carbons (Fsp3) is 0.211. The second-order valence-corrected chi connectivity index (χ2v) is 7.46. The lowest BCUT2D eigenvalue weighted by Gasteiger charge is -2.10. The highest BCUT2D eigenvalue weighted by Crippen LogP contribution is 2.32. The van der Waals surface area contributed by atoms with Gasteiger partial charge in [-0.3, -0.25) is 14.2 Å². The number of carbonyl (C=O) groups excluding carboxylic acids is 1. The first kappa shape index (κ1) is 18.4. The number of fused-ring (bicyclic) bond motifs is 1. The van der Waals surface area contributed by atoms with Crippen molar-refractivity contribution in [1.82, 2.24) is 9.55 Å². The number of hydrogen-bond acceptors (Lipinski definition) is 6. The van der Waals surface area contributed by atoms with Crippen molar-refractivity contribution in [2.75, 3.05) is 12.9 Å². The molecule has 0 atom stereocenters. The third-order valence-electron chi connectivity index (χ3n) is 3.88. The molecule has 26 heavy (non-hydrogen) atoms. The molecule has 0 saturated carbocycles. The van der Waals surface area contributed by atoms with Crippen LogP contribution in [0.5, 0.6) is 0 Å². The topological polar surface area (TPSA) is 61.2 Å². The molecule has 1 aromatic carbocycles. The lowest BCUT2D eigenvalue weighted by molar-refractivity contribution is -0.137. The highest BCUT2D eigenvalue weighted by Gasteiger charge is 2.17. The Bertz CT molecular complexity index is 1020. The van der Waals surface area contributed by atoms with Crippen LogP contribution in [0.2, 0.25) is 0 Å². The van der Waals surface area contributed by atoms with Crippen LogP contribution in [-0.2, 0) is 16.1 Å². The number of thioether (sulfide) groups is 1. The van der Waals surface area contributed by atoms with E-state index in [1.165, 1.54) is 30.2 Å². The molecule has 2 aromatic heterocycles. The van der Waals surface area contributed by atoms with Crippen molar-refractivity contribution in [2.45, 2.75) is 18.6 Å². The summed E-state index contributed by atoms with van der Waals surface area (Å²) in [6, 6.07) is 8.06. The molecule has 0 bridgehead atoms. The van der Waals surface area contributed by atoms with Gasteiger partial charge < -0.3 is 4.74 Å². The quantitative estimate of drug-likeness (QED) is 0.278. The number of thiophene rings is 1. The summed E-state index contributed by atoms with van der Waals surface area (Å²) in [5.74, 6) is -0.261. The van der Waals surface area contributed by atoms with Crippen molar-refractivity contribution in [3.05, 3.63) is 58.2 Å². The van der Waals surface area contributed by atoms with E-state index in [-0.39, 0.29) is 17.3 Å². The Morgan fingerprint density at radius 2 is 2.12 bits per heavy atom. The van der Waals surface area contributed by atoms with E-state index in [1.807, 2.05) is 36.6 Å². The van der Waals surface area contributed by atoms with Crippen molar-refractivity contribution >= 4 is 39.3 Å². The van der Waals surface area contributed by atoms with E-state index >= 15 is 0 Å². The molecule has 0 saturated heterocycles.